The maximum atomic E-state index is 8.88. The molecule has 2 aromatic rings. The molecule has 19 heavy (non-hydrogen) atoms. The average molecular weight is 268 g/mol. The van der Waals surface area contributed by atoms with Crippen LogP contribution in [0.1, 0.15) is 16.7 Å². The number of benzene rings is 2. The molecule has 0 radical (unpaired) electrons. The summed E-state index contributed by atoms with van der Waals surface area (Å²) in [7, 11) is 0. The van der Waals surface area contributed by atoms with E-state index < -0.39 is 0 Å². The van der Waals surface area contributed by atoms with E-state index in [0.29, 0.717) is 21.8 Å². The SMILES string of the molecule is Cc1cc(Nc2cc(C#N)ccc2Cl)ccc1C#N. The van der Waals surface area contributed by atoms with Crippen LogP contribution in [-0.2, 0) is 0 Å². The van der Waals surface area contributed by atoms with Gasteiger partial charge in [-0.05, 0) is 48.9 Å². The summed E-state index contributed by atoms with van der Waals surface area (Å²) in [6, 6.07) is 14.6. The Kier molecular flexibility index (Phi) is 3.71. The summed E-state index contributed by atoms with van der Waals surface area (Å²) in [4.78, 5) is 0. The molecule has 0 aliphatic heterocycles. The first kappa shape index (κ1) is 13.0. The van der Waals surface area contributed by atoms with E-state index in [-0.39, 0.29) is 0 Å². The minimum Gasteiger partial charge on any atom is -0.354 e. The first-order chi connectivity index (χ1) is 9.13. The molecule has 0 bridgehead atoms. The van der Waals surface area contributed by atoms with Crippen molar-refractivity contribution in [2.24, 2.45) is 0 Å². The van der Waals surface area contributed by atoms with Gasteiger partial charge in [0.2, 0.25) is 0 Å². The molecule has 0 fully saturated rings. The number of nitrogens with zero attached hydrogens (tertiary/aromatic N) is 2. The zero-order chi connectivity index (χ0) is 13.8. The Hall–Kier alpha value is -2.49. The summed E-state index contributed by atoms with van der Waals surface area (Å²) in [6.07, 6.45) is 0. The van der Waals surface area contributed by atoms with Gasteiger partial charge in [-0.15, -0.1) is 0 Å². The van der Waals surface area contributed by atoms with Gasteiger partial charge in [0.25, 0.3) is 0 Å². The largest absolute Gasteiger partial charge is 0.354 e. The second-order valence-electron chi connectivity index (χ2n) is 4.07. The Morgan fingerprint density at radius 2 is 1.84 bits per heavy atom. The van der Waals surface area contributed by atoms with Crippen LogP contribution in [0.3, 0.4) is 0 Å². The van der Waals surface area contributed by atoms with Crippen molar-refractivity contribution in [3.63, 3.8) is 0 Å². The molecule has 2 rings (SSSR count). The maximum Gasteiger partial charge on any atom is 0.0994 e. The van der Waals surface area contributed by atoms with Gasteiger partial charge < -0.3 is 5.32 Å². The van der Waals surface area contributed by atoms with Gasteiger partial charge in [0.1, 0.15) is 0 Å². The topological polar surface area (TPSA) is 59.6 Å². The number of nitrogens with one attached hydrogen (secondary N) is 1. The fourth-order valence-corrected chi connectivity index (χ4v) is 1.88. The van der Waals surface area contributed by atoms with Gasteiger partial charge in [-0.25, -0.2) is 0 Å². The first-order valence-electron chi connectivity index (χ1n) is 5.61. The summed E-state index contributed by atoms with van der Waals surface area (Å²) in [6.45, 7) is 1.87. The van der Waals surface area contributed by atoms with Crippen molar-refractivity contribution in [2.75, 3.05) is 5.32 Å². The normalized spacial score (nSPS) is 9.47. The van der Waals surface area contributed by atoms with Crippen LogP contribution < -0.4 is 5.32 Å². The Morgan fingerprint density at radius 1 is 1.05 bits per heavy atom. The fraction of sp³-hybridized carbons (Fsp3) is 0.0667. The van der Waals surface area contributed by atoms with Crippen molar-refractivity contribution < 1.29 is 0 Å². The summed E-state index contributed by atoms with van der Waals surface area (Å²) in [5.41, 5.74) is 3.57. The molecule has 0 saturated carbocycles. The second-order valence-corrected chi connectivity index (χ2v) is 4.48. The third-order valence-corrected chi connectivity index (χ3v) is 3.05. The molecule has 3 nitrogen and oxygen atoms in total. The molecule has 1 N–H and O–H groups in total. The molecule has 0 atom stereocenters. The summed E-state index contributed by atoms with van der Waals surface area (Å²) in [5.74, 6) is 0. The number of nitriles is 2. The van der Waals surface area contributed by atoms with Gasteiger partial charge in [-0.1, -0.05) is 11.6 Å². The predicted molar refractivity (Wildman–Crippen MR) is 75.3 cm³/mol. The molecule has 0 aromatic heterocycles. The molecule has 4 heteroatoms. The van der Waals surface area contributed by atoms with Crippen LogP contribution in [0.4, 0.5) is 11.4 Å². The van der Waals surface area contributed by atoms with E-state index in [1.165, 1.54) is 0 Å². The molecule has 92 valence electrons. The molecule has 2 aromatic carbocycles. The number of rotatable bonds is 2. The monoisotopic (exact) mass is 267 g/mol. The molecule has 0 aliphatic carbocycles. The lowest BCUT2D eigenvalue weighted by molar-refractivity contribution is 1.38. The highest BCUT2D eigenvalue weighted by Gasteiger charge is 2.04. The highest BCUT2D eigenvalue weighted by atomic mass is 35.5. The van der Waals surface area contributed by atoms with Crippen molar-refractivity contribution in [1.82, 2.24) is 0 Å². The lowest BCUT2D eigenvalue weighted by atomic mass is 10.1. The number of anilines is 2. The Bertz CT molecular complexity index is 708. The smallest absolute Gasteiger partial charge is 0.0994 e. The zero-order valence-corrected chi connectivity index (χ0v) is 11.0. The van der Waals surface area contributed by atoms with E-state index in [0.717, 1.165) is 11.3 Å². The minimum absolute atomic E-state index is 0.539. The zero-order valence-electron chi connectivity index (χ0n) is 10.2. The quantitative estimate of drug-likeness (QED) is 0.890. The maximum absolute atomic E-state index is 8.88. The molecular weight excluding hydrogens is 258 g/mol. The van der Waals surface area contributed by atoms with Crippen LogP contribution in [0.5, 0.6) is 0 Å². The van der Waals surface area contributed by atoms with Gasteiger partial charge in [0, 0.05) is 5.69 Å². The average Bonchev–Trinajstić information content (AvgIpc) is 2.41. The van der Waals surface area contributed by atoms with Crippen LogP contribution in [-0.4, -0.2) is 0 Å². The second kappa shape index (κ2) is 5.44. The molecule has 0 amide bonds. The van der Waals surface area contributed by atoms with Crippen molar-refractivity contribution in [3.05, 3.63) is 58.1 Å². The van der Waals surface area contributed by atoms with Crippen LogP contribution >= 0.6 is 11.6 Å². The van der Waals surface area contributed by atoms with E-state index in [1.807, 2.05) is 13.0 Å². The highest BCUT2D eigenvalue weighted by Crippen LogP contribution is 2.27. The number of hydrogen-bond acceptors (Lipinski definition) is 3. The van der Waals surface area contributed by atoms with Gasteiger partial charge in [0.05, 0.1) is 34.0 Å². The van der Waals surface area contributed by atoms with Crippen molar-refractivity contribution in [1.29, 1.82) is 10.5 Å². The first-order valence-corrected chi connectivity index (χ1v) is 5.99. The molecule has 0 aliphatic rings. The molecule has 0 heterocycles. The standard InChI is InChI=1S/C15H10ClN3/c1-10-6-13(4-3-12(10)9-18)19-15-7-11(8-17)2-5-14(15)16/h2-7,19H,1H3. The molecule has 0 saturated heterocycles. The predicted octanol–water partition coefficient (Wildman–Crippen LogP) is 4.14. The Morgan fingerprint density at radius 3 is 2.47 bits per heavy atom. The van der Waals surface area contributed by atoms with Gasteiger partial charge in [-0.2, -0.15) is 10.5 Å². The highest BCUT2D eigenvalue weighted by molar-refractivity contribution is 6.33. The van der Waals surface area contributed by atoms with Gasteiger partial charge >= 0.3 is 0 Å². The third-order valence-electron chi connectivity index (χ3n) is 2.72. The molecule has 0 unspecified atom stereocenters. The number of aryl methyl sites for hydroxylation is 1. The van der Waals surface area contributed by atoms with Crippen LogP contribution in [0.15, 0.2) is 36.4 Å². The van der Waals surface area contributed by atoms with Crippen molar-refractivity contribution >= 4 is 23.0 Å². The van der Waals surface area contributed by atoms with Crippen molar-refractivity contribution in [3.8, 4) is 12.1 Å². The number of halogens is 1. The summed E-state index contributed by atoms with van der Waals surface area (Å²) < 4.78 is 0. The van der Waals surface area contributed by atoms with E-state index in [2.05, 4.69) is 17.5 Å². The van der Waals surface area contributed by atoms with E-state index in [4.69, 9.17) is 22.1 Å². The minimum atomic E-state index is 0.539. The van der Waals surface area contributed by atoms with Crippen LogP contribution in [0.2, 0.25) is 5.02 Å². The summed E-state index contributed by atoms with van der Waals surface area (Å²) >= 11 is 6.08. The molecular formula is C15H10ClN3. The Balaban J connectivity index is 2.34. The molecule has 0 spiro atoms. The summed E-state index contributed by atoms with van der Waals surface area (Å²) in [5, 5.41) is 21.4. The van der Waals surface area contributed by atoms with Crippen LogP contribution in [0.25, 0.3) is 0 Å². The van der Waals surface area contributed by atoms with Gasteiger partial charge in [-0.3, -0.25) is 0 Å². The fourth-order valence-electron chi connectivity index (χ4n) is 1.71. The lowest BCUT2D eigenvalue weighted by Crippen LogP contribution is -1.93. The Labute approximate surface area is 116 Å². The number of hydrogen-bond donors (Lipinski definition) is 1. The lowest BCUT2D eigenvalue weighted by Gasteiger charge is -2.10. The van der Waals surface area contributed by atoms with E-state index in [9.17, 15) is 0 Å². The van der Waals surface area contributed by atoms with Crippen molar-refractivity contribution in [2.45, 2.75) is 6.92 Å². The van der Waals surface area contributed by atoms with Gasteiger partial charge in [0.15, 0.2) is 0 Å². The van der Waals surface area contributed by atoms with E-state index >= 15 is 0 Å². The van der Waals surface area contributed by atoms with Crippen LogP contribution in [0, 0.1) is 29.6 Å². The third kappa shape index (κ3) is 2.85. The van der Waals surface area contributed by atoms with E-state index in [1.54, 1.807) is 30.3 Å².